The minimum absolute atomic E-state index is 0.167. The van der Waals surface area contributed by atoms with Gasteiger partial charge in [-0.25, -0.2) is 8.42 Å². The molecule has 0 spiro atoms. The maximum absolute atomic E-state index is 11.9. The molecular weight excluding hydrogens is 272 g/mol. The maximum Gasteiger partial charge on any atom is 0.232 e. The van der Waals surface area contributed by atoms with Crippen LogP contribution in [0.25, 0.3) is 0 Å². The van der Waals surface area contributed by atoms with Crippen LogP contribution in [0.15, 0.2) is 18.2 Å². The number of aryl methyl sites for hydroxylation is 1. The van der Waals surface area contributed by atoms with Crippen molar-refractivity contribution in [3.05, 3.63) is 23.8 Å². The van der Waals surface area contributed by atoms with Crippen molar-refractivity contribution in [3.8, 4) is 0 Å². The average molecular weight is 296 g/mol. The van der Waals surface area contributed by atoms with Crippen molar-refractivity contribution < 1.29 is 8.42 Å². The van der Waals surface area contributed by atoms with Crippen molar-refractivity contribution in [3.63, 3.8) is 0 Å². The quantitative estimate of drug-likeness (QED) is 0.908. The first-order chi connectivity index (χ1) is 9.52. The van der Waals surface area contributed by atoms with Gasteiger partial charge in [-0.1, -0.05) is 13.0 Å². The lowest BCUT2D eigenvalue weighted by molar-refractivity contribution is 0.578. The Hall–Kier alpha value is -1.23. The molecule has 0 aromatic heterocycles. The molecule has 0 radical (unpaired) electrons. The van der Waals surface area contributed by atoms with Gasteiger partial charge in [-0.05, 0) is 50.3 Å². The van der Waals surface area contributed by atoms with Gasteiger partial charge in [-0.15, -0.1) is 0 Å². The summed E-state index contributed by atoms with van der Waals surface area (Å²) in [5, 5.41) is 0. The SMILES string of the molecule is CCCS(=O)(=O)Nc1cc(N2CCCCC2)ccc1C. The zero-order chi connectivity index (χ0) is 14.6. The van der Waals surface area contributed by atoms with Gasteiger partial charge in [-0.2, -0.15) is 0 Å². The zero-order valence-electron chi connectivity index (χ0n) is 12.4. The molecule has 0 amide bonds. The fraction of sp³-hybridized carbons (Fsp3) is 0.600. The fourth-order valence-corrected chi connectivity index (χ4v) is 3.75. The number of nitrogens with one attached hydrogen (secondary N) is 1. The highest BCUT2D eigenvalue weighted by Gasteiger charge is 2.14. The van der Waals surface area contributed by atoms with Crippen LogP contribution in [0.2, 0.25) is 0 Å². The Labute approximate surface area is 122 Å². The van der Waals surface area contributed by atoms with Gasteiger partial charge in [-0.3, -0.25) is 4.72 Å². The number of hydrogen-bond acceptors (Lipinski definition) is 3. The van der Waals surface area contributed by atoms with Gasteiger partial charge < -0.3 is 4.90 Å². The molecule has 1 N–H and O–H groups in total. The Balaban J connectivity index is 2.20. The summed E-state index contributed by atoms with van der Waals surface area (Å²) in [6, 6.07) is 6.04. The molecule has 112 valence electrons. The van der Waals surface area contributed by atoms with Crippen molar-refractivity contribution in [2.45, 2.75) is 39.5 Å². The van der Waals surface area contributed by atoms with Gasteiger partial charge in [0.15, 0.2) is 0 Å². The van der Waals surface area contributed by atoms with Gasteiger partial charge in [0.25, 0.3) is 0 Å². The third-order valence-corrected chi connectivity index (χ3v) is 5.16. The second kappa shape index (κ2) is 6.48. The minimum Gasteiger partial charge on any atom is -0.371 e. The van der Waals surface area contributed by atoms with Gasteiger partial charge >= 0.3 is 0 Å². The van der Waals surface area contributed by atoms with Crippen LogP contribution in [0, 0.1) is 6.92 Å². The second-order valence-corrected chi connectivity index (χ2v) is 7.31. The van der Waals surface area contributed by atoms with Crippen LogP contribution in [0.5, 0.6) is 0 Å². The highest BCUT2D eigenvalue weighted by atomic mass is 32.2. The summed E-state index contributed by atoms with van der Waals surface area (Å²) in [6.45, 7) is 5.93. The van der Waals surface area contributed by atoms with E-state index in [1.165, 1.54) is 19.3 Å². The van der Waals surface area contributed by atoms with Crippen molar-refractivity contribution in [1.82, 2.24) is 0 Å². The highest BCUT2D eigenvalue weighted by molar-refractivity contribution is 7.92. The Bertz CT molecular complexity index is 549. The second-order valence-electron chi connectivity index (χ2n) is 5.47. The number of hydrogen-bond donors (Lipinski definition) is 1. The molecule has 1 aliphatic heterocycles. The molecule has 5 heteroatoms. The molecule has 1 aromatic rings. The van der Waals surface area contributed by atoms with E-state index in [1.54, 1.807) is 0 Å². The Morgan fingerprint density at radius 2 is 1.90 bits per heavy atom. The molecule has 0 bridgehead atoms. The number of benzene rings is 1. The number of rotatable bonds is 5. The Morgan fingerprint density at radius 1 is 1.20 bits per heavy atom. The van der Waals surface area contributed by atoms with Crippen LogP contribution >= 0.6 is 0 Å². The third kappa shape index (κ3) is 3.88. The first kappa shape index (κ1) is 15.2. The van der Waals surface area contributed by atoms with Crippen molar-refractivity contribution in [1.29, 1.82) is 0 Å². The molecule has 1 fully saturated rings. The molecule has 1 aliphatic rings. The average Bonchev–Trinajstić information content (AvgIpc) is 2.42. The summed E-state index contributed by atoms with van der Waals surface area (Å²) in [5.74, 6) is 0.167. The summed E-state index contributed by atoms with van der Waals surface area (Å²) >= 11 is 0. The van der Waals surface area contributed by atoms with Gasteiger partial charge in [0, 0.05) is 18.8 Å². The van der Waals surface area contributed by atoms with Crippen molar-refractivity contribution >= 4 is 21.4 Å². The molecule has 0 atom stereocenters. The van der Waals surface area contributed by atoms with E-state index < -0.39 is 10.0 Å². The van der Waals surface area contributed by atoms with Gasteiger partial charge in [0.2, 0.25) is 10.0 Å². The van der Waals surface area contributed by atoms with E-state index in [0.717, 1.165) is 24.3 Å². The van der Waals surface area contributed by atoms with E-state index in [9.17, 15) is 8.42 Å². The molecule has 0 aliphatic carbocycles. The Morgan fingerprint density at radius 3 is 2.55 bits per heavy atom. The van der Waals surface area contributed by atoms with Crippen LogP contribution in [-0.4, -0.2) is 27.3 Å². The molecule has 20 heavy (non-hydrogen) atoms. The standard InChI is InChI=1S/C15H24N2O2S/c1-3-11-20(18,19)16-15-12-14(8-7-13(15)2)17-9-5-4-6-10-17/h7-8,12,16H,3-6,9-11H2,1-2H3. The molecule has 0 unspecified atom stereocenters. The minimum atomic E-state index is -3.22. The number of piperidine rings is 1. The highest BCUT2D eigenvalue weighted by Crippen LogP contribution is 2.26. The smallest absolute Gasteiger partial charge is 0.232 e. The topological polar surface area (TPSA) is 49.4 Å². The van der Waals surface area contributed by atoms with Crippen LogP contribution < -0.4 is 9.62 Å². The predicted octanol–water partition coefficient (Wildman–Crippen LogP) is 3.14. The molecule has 4 nitrogen and oxygen atoms in total. The summed E-state index contributed by atoms with van der Waals surface area (Å²) < 4.78 is 26.5. The van der Waals surface area contributed by atoms with Crippen LogP contribution in [0.3, 0.4) is 0 Å². The van der Waals surface area contributed by atoms with Crippen molar-refractivity contribution in [2.75, 3.05) is 28.5 Å². The van der Waals surface area contributed by atoms with Crippen LogP contribution in [0.4, 0.5) is 11.4 Å². The zero-order valence-corrected chi connectivity index (χ0v) is 13.2. The predicted molar refractivity (Wildman–Crippen MR) is 84.9 cm³/mol. The number of anilines is 2. The molecule has 1 heterocycles. The van der Waals surface area contributed by atoms with E-state index >= 15 is 0 Å². The lowest BCUT2D eigenvalue weighted by atomic mass is 10.1. The van der Waals surface area contributed by atoms with Gasteiger partial charge in [0.05, 0.1) is 11.4 Å². The number of sulfonamides is 1. The fourth-order valence-electron chi connectivity index (χ4n) is 2.56. The summed E-state index contributed by atoms with van der Waals surface area (Å²) in [5.41, 5.74) is 2.79. The Kier molecular flexibility index (Phi) is 4.91. The number of nitrogens with zero attached hydrogens (tertiary/aromatic N) is 1. The molecular formula is C15H24N2O2S. The molecule has 2 rings (SSSR count). The summed E-state index contributed by atoms with van der Waals surface area (Å²) in [4.78, 5) is 2.33. The van der Waals surface area contributed by atoms with Gasteiger partial charge in [0.1, 0.15) is 0 Å². The van der Waals surface area contributed by atoms with Crippen molar-refractivity contribution in [2.24, 2.45) is 0 Å². The van der Waals surface area contributed by atoms with Crippen LogP contribution in [-0.2, 0) is 10.0 Å². The maximum atomic E-state index is 11.9. The lowest BCUT2D eigenvalue weighted by Crippen LogP contribution is -2.29. The first-order valence-electron chi connectivity index (χ1n) is 7.38. The van der Waals surface area contributed by atoms with E-state index in [4.69, 9.17) is 0 Å². The third-order valence-electron chi connectivity index (χ3n) is 3.68. The lowest BCUT2D eigenvalue weighted by Gasteiger charge is -2.29. The summed E-state index contributed by atoms with van der Waals surface area (Å²) in [6.07, 6.45) is 4.34. The summed E-state index contributed by atoms with van der Waals surface area (Å²) in [7, 11) is -3.22. The van der Waals surface area contributed by atoms with E-state index in [0.29, 0.717) is 12.1 Å². The molecule has 1 aromatic carbocycles. The monoisotopic (exact) mass is 296 g/mol. The molecule has 1 saturated heterocycles. The van der Waals surface area contributed by atoms with Crippen LogP contribution in [0.1, 0.15) is 38.2 Å². The van der Waals surface area contributed by atoms with E-state index in [2.05, 4.69) is 15.7 Å². The van der Waals surface area contributed by atoms with E-state index in [1.807, 2.05) is 26.0 Å². The largest absolute Gasteiger partial charge is 0.371 e. The van der Waals surface area contributed by atoms with E-state index in [-0.39, 0.29) is 5.75 Å². The normalized spacial score (nSPS) is 16.2. The first-order valence-corrected chi connectivity index (χ1v) is 9.03. The molecule has 0 saturated carbocycles.